The van der Waals surface area contributed by atoms with Gasteiger partial charge in [-0.1, -0.05) is 6.07 Å². The summed E-state index contributed by atoms with van der Waals surface area (Å²) in [5.74, 6) is 0.827. The van der Waals surface area contributed by atoms with Crippen molar-refractivity contribution in [2.75, 3.05) is 0 Å². The summed E-state index contributed by atoms with van der Waals surface area (Å²) in [6.07, 6.45) is 3.44. The molecule has 14 heavy (non-hydrogen) atoms. The number of hydrogen-bond acceptors (Lipinski definition) is 3. The van der Waals surface area contributed by atoms with Crippen molar-refractivity contribution >= 4 is 27.3 Å². The van der Waals surface area contributed by atoms with Crippen molar-refractivity contribution < 1.29 is 4.74 Å². The van der Waals surface area contributed by atoms with E-state index in [1.807, 2.05) is 17.5 Å². The number of nitrogens with zero attached hydrogens (tertiary/aromatic N) is 1. The van der Waals surface area contributed by atoms with E-state index < -0.39 is 0 Å². The molecule has 2 aromatic rings. The van der Waals surface area contributed by atoms with E-state index in [9.17, 15) is 0 Å². The number of rotatable bonds is 3. The predicted octanol–water partition coefficient (Wildman–Crippen LogP) is 3.48. The molecule has 0 aliphatic heterocycles. The van der Waals surface area contributed by atoms with Gasteiger partial charge >= 0.3 is 0 Å². The van der Waals surface area contributed by atoms with Crippen LogP contribution in [0.1, 0.15) is 4.88 Å². The molecule has 0 aliphatic rings. The Hall–Kier alpha value is -0.870. The van der Waals surface area contributed by atoms with Crippen molar-refractivity contribution in [2.45, 2.75) is 6.61 Å². The second-order valence-electron chi connectivity index (χ2n) is 2.67. The lowest BCUT2D eigenvalue weighted by Crippen LogP contribution is -1.93. The predicted molar refractivity (Wildman–Crippen MR) is 60.6 cm³/mol. The van der Waals surface area contributed by atoms with Crippen molar-refractivity contribution in [1.82, 2.24) is 4.98 Å². The maximum atomic E-state index is 5.60. The van der Waals surface area contributed by atoms with Crippen molar-refractivity contribution in [3.05, 3.63) is 45.3 Å². The normalized spacial score (nSPS) is 10.1. The number of ether oxygens (including phenoxy) is 1. The average Bonchev–Trinajstić information content (AvgIpc) is 2.69. The summed E-state index contributed by atoms with van der Waals surface area (Å²) in [6.45, 7) is 0.611. The quantitative estimate of drug-likeness (QED) is 0.851. The number of aromatic nitrogens is 1. The molecule has 2 rings (SSSR count). The molecule has 0 unspecified atom stereocenters. The summed E-state index contributed by atoms with van der Waals surface area (Å²) >= 11 is 5.07. The molecule has 0 fully saturated rings. The van der Waals surface area contributed by atoms with Gasteiger partial charge in [0.25, 0.3) is 0 Å². The molecule has 0 amide bonds. The molecule has 2 heterocycles. The minimum atomic E-state index is 0.611. The van der Waals surface area contributed by atoms with Crippen molar-refractivity contribution in [1.29, 1.82) is 0 Å². The molecule has 0 aliphatic carbocycles. The fraction of sp³-hybridized carbons (Fsp3) is 0.100. The first-order valence-electron chi connectivity index (χ1n) is 4.11. The first kappa shape index (κ1) is 9.68. The van der Waals surface area contributed by atoms with E-state index in [-0.39, 0.29) is 0 Å². The smallest absolute Gasteiger partial charge is 0.137 e. The highest BCUT2D eigenvalue weighted by Crippen LogP contribution is 2.24. The molecule has 72 valence electrons. The summed E-state index contributed by atoms with van der Waals surface area (Å²) in [5.41, 5.74) is 0. The van der Waals surface area contributed by atoms with Gasteiger partial charge in [0.05, 0.1) is 4.47 Å². The second-order valence-corrected chi connectivity index (χ2v) is 4.56. The largest absolute Gasteiger partial charge is 0.487 e. The van der Waals surface area contributed by atoms with E-state index in [0.717, 1.165) is 10.2 Å². The van der Waals surface area contributed by atoms with E-state index in [4.69, 9.17) is 4.74 Å². The van der Waals surface area contributed by atoms with Gasteiger partial charge < -0.3 is 4.74 Å². The summed E-state index contributed by atoms with van der Waals surface area (Å²) in [7, 11) is 0. The fourth-order valence-electron chi connectivity index (χ4n) is 1.02. The fourth-order valence-corrected chi connectivity index (χ4v) is 2.00. The lowest BCUT2D eigenvalue weighted by atomic mass is 10.4. The van der Waals surface area contributed by atoms with Gasteiger partial charge in [-0.25, -0.2) is 0 Å². The average molecular weight is 270 g/mol. The lowest BCUT2D eigenvalue weighted by molar-refractivity contribution is 0.307. The van der Waals surface area contributed by atoms with E-state index in [1.54, 1.807) is 23.7 Å². The molecule has 0 bridgehead atoms. The molecule has 0 N–H and O–H groups in total. The van der Waals surface area contributed by atoms with Crippen LogP contribution in [0.2, 0.25) is 0 Å². The maximum absolute atomic E-state index is 5.60. The Morgan fingerprint density at radius 3 is 3.07 bits per heavy atom. The Kier molecular flexibility index (Phi) is 3.16. The first-order valence-corrected chi connectivity index (χ1v) is 5.78. The molecule has 0 spiro atoms. The Balaban J connectivity index is 2.02. The summed E-state index contributed by atoms with van der Waals surface area (Å²) in [4.78, 5) is 5.18. The van der Waals surface area contributed by atoms with Crippen LogP contribution in [-0.2, 0) is 6.61 Å². The third kappa shape index (κ3) is 2.33. The van der Waals surface area contributed by atoms with Crippen LogP contribution in [0.4, 0.5) is 0 Å². The van der Waals surface area contributed by atoms with Crippen molar-refractivity contribution in [3.8, 4) is 5.75 Å². The highest BCUT2D eigenvalue weighted by molar-refractivity contribution is 9.10. The van der Waals surface area contributed by atoms with Gasteiger partial charge in [0.15, 0.2) is 0 Å². The topological polar surface area (TPSA) is 22.1 Å². The van der Waals surface area contributed by atoms with Gasteiger partial charge in [-0.05, 0) is 33.4 Å². The Morgan fingerprint density at radius 1 is 1.43 bits per heavy atom. The van der Waals surface area contributed by atoms with Crippen LogP contribution in [0.15, 0.2) is 40.4 Å². The van der Waals surface area contributed by atoms with Crippen molar-refractivity contribution in [3.63, 3.8) is 0 Å². The molecule has 2 nitrogen and oxygen atoms in total. The van der Waals surface area contributed by atoms with Gasteiger partial charge in [-0.2, -0.15) is 0 Å². The zero-order valence-corrected chi connectivity index (χ0v) is 9.72. The lowest BCUT2D eigenvalue weighted by Gasteiger charge is -2.05. The molecule has 0 atom stereocenters. The standard InChI is InChI=1S/C10H8BrNOS/c11-9-6-12-4-3-10(9)13-7-8-2-1-5-14-8/h1-6H,7H2. The van der Waals surface area contributed by atoms with Gasteiger partial charge in [-0.3, -0.25) is 4.98 Å². The van der Waals surface area contributed by atoms with E-state index in [1.165, 1.54) is 4.88 Å². The summed E-state index contributed by atoms with van der Waals surface area (Å²) in [5, 5.41) is 2.04. The molecule has 4 heteroatoms. The Morgan fingerprint density at radius 2 is 2.36 bits per heavy atom. The van der Waals surface area contributed by atoms with Crippen molar-refractivity contribution in [2.24, 2.45) is 0 Å². The molecule has 0 saturated carbocycles. The summed E-state index contributed by atoms with van der Waals surface area (Å²) in [6, 6.07) is 5.92. The van der Waals surface area contributed by atoms with E-state index >= 15 is 0 Å². The molecule has 0 aromatic carbocycles. The molecule has 0 radical (unpaired) electrons. The highest BCUT2D eigenvalue weighted by Gasteiger charge is 2.00. The number of thiophene rings is 1. The Bertz CT molecular complexity index is 402. The SMILES string of the molecule is Brc1cnccc1OCc1cccs1. The molecular formula is C10H8BrNOS. The van der Waals surface area contributed by atoms with Gasteiger partial charge in [0.1, 0.15) is 12.4 Å². The van der Waals surface area contributed by atoms with Crippen LogP contribution in [-0.4, -0.2) is 4.98 Å². The Labute approximate surface area is 94.7 Å². The zero-order chi connectivity index (χ0) is 9.80. The highest BCUT2D eigenvalue weighted by atomic mass is 79.9. The summed E-state index contributed by atoms with van der Waals surface area (Å²) < 4.78 is 6.49. The monoisotopic (exact) mass is 269 g/mol. The van der Waals surface area contributed by atoms with Crippen LogP contribution in [0.25, 0.3) is 0 Å². The van der Waals surface area contributed by atoms with E-state index in [0.29, 0.717) is 6.61 Å². The van der Waals surface area contributed by atoms with Crippen LogP contribution in [0.3, 0.4) is 0 Å². The van der Waals surface area contributed by atoms with Gasteiger partial charge in [0, 0.05) is 17.3 Å². The van der Waals surface area contributed by atoms with Gasteiger partial charge in [0.2, 0.25) is 0 Å². The van der Waals surface area contributed by atoms with Crippen LogP contribution in [0, 0.1) is 0 Å². The molecule has 2 aromatic heterocycles. The van der Waals surface area contributed by atoms with Crippen LogP contribution < -0.4 is 4.74 Å². The van der Waals surface area contributed by atoms with E-state index in [2.05, 4.69) is 27.0 Å². The minimum absolute atomic E-state index is 0.611. The third-order valence-corrected chi connectivity index (χ3v) is 3.13. The number of hydrogen-bond donors (Lipinski definition) is 0. The number of pyridine rings is 1. The third-order valence-electron chi connectivity index (χ3n) is 1.69. The first-order chi connectivity index (χ1) is 6.86. The second kappa shape index (κ2) is 4.57. The zero-order valence-electron chi connectivity index (χ0n) is 7.31. The van der Waals surface area contributed by atoms with Crippen LogP contribution >= 0.6 is 27.3 Å². The minimum Gasteiger partial charge on any atom is -0.487 e. The molecule has 0 saturated heterocycles. The molecular weight excluding hydrogens is 262 g/mol. The maximum Gasteiger partial charge on any atom is 0.137 e. The van der Waals surface area contributed by atoms with Crippen LogP contribution in [0.5, 0.6) is 5.75 Å². The number of halogens is 1. The van der Waals surface area contributed by atoms with Gasteiger partial charge in [-0.15, -0.1) is 11.3 Å².